The maximum atomic E-state index is 13.7. The number of ether oxygens (including phenoxy) is 1. The summed E-state index contributed by atoms with van der Waals surface area (Å²) in [6, 6.07) is 15.6. The summed E-state index contributed by atoms with van der Waals surface area (Å²) in [7, 11) is 0. The van der Waals surface area contributed by atoms with Gasteiger partial charge in [0.1, 0.15) is 5.82 Å². The largest absolute Gasteiger partial charge is 0.379 e. The third-order valence-corrected chi connectivity index (χ3v) is 6.60. The molecule has 33 heavy (non-hydrogen) atoms. The molecule has 9 heteroatoms. The predicted molar refractivity (Wildman–Crippen MR) is 125 cm³/mol. The highest BCUT2D eigenvalue weighted by Crippen LogP contribution is 2.31. The Hall–Kier alpha value is -3.14. The first-order chi connectivity index (χ1) is 16.2. The Labute approximate surface area is 194 Å². The third kappa shape index (κ3) is 4.95. The quantitative estimate of drug-likeness (QED) is 0.401. The Morgan fingerprint density at radius 3 is 2.76 bits per heavy atom. The van der Waals surface area contributed by atoms with Crippen LogP contribution in [0.3, 0.4) is 0 Å². The van der Waals surface area contributed by atoms with Crippen LogP contribution in [-0.4, -0.2) is 60.3 Å². The van der Waals surface area contributed by atoms with E-state index in [2.05, 4.69) is 15.0 Å². The van der Waals surface area contributed by atoms with Crippen molar-refractivity contribution in [3.8, 4) is 11.3 Å². The molecule has 7 nitrogen and oxygen atoms in total. The van der Waals surface area contributed by atoms with Gasteiger partial charge in [-0.15, -0.1) is 0 Å². The first kappa shape index (κ1) is 21.7. The van der Waals surface area contributed by atoms with Crippen molar-refractivity contribution >= 4 is 32.6 Å². The Bertz CT molecular complexity index is 1240. The topological polar surface area (TPSA) is 71.7 Å². The van der Waals surface area contributed by atoms with Crippen molar-refractivity contribution < 1.29 is 18.4 Å². The Kier molecular flexibility index (Phi) is 6.43. The molecule has 2 aromatic heterocycles. The van der Waals surface area contributed by atoms with E-state index in [0.717, 1.165) is 44.8 Å². The molecule has 0 radical (unpaired) electrons. The predicted octanol–water partition coefficient (Wildman–Crippen LogP) is 4.46. The molecule has 170 valence electrons. The van der Waals surface area contributed by atoms with E-state index in [4.69, 9.17) is 9.26 Å². The summed E-state index contributed by atoms with van der Waals surface area (Å²) in [4.78, 5) is 22.0. The molecule has 0 saturated carbocycles. The number of carbonyl (C=O) groups is 1. The number of aromatic nitrogens is 2. The molecular formula is C24H23FN4O3S. The molecular weight excluding hydrogens is 443 g/mol. The fourth-order valence-corrected chi connectivity index (χ4v) is 4.83. The standard InChI is InChI=1S/C24H23FN4O3S/c25-18-7-8-19-22(15-18)33-24(26-19)29(10-4-9-28-11-13-31-14-12-28)23(30)20-16-21(32-27-20)17-5-2-1-3-6-17/h1-3,5-8,15-16H,4,9-14H2. The molecule has 1 fully saturated rings. The third-order valence-electron chi connectivity index (χ3n) is 5.56. The van der Waals surface area contributed by atoms with Crippen LogP contribution in [0, 0.1) is 5.82 Å². The van der Waals surface area contributed by atoms with Crippen LogP contribution >= 0.6 is 11.3 Å². The second kappa shape index (κ2) is 9.78. The van der Waals surface area contributed by atoms with Gasteiger partial charge in [-0.3, -0.25) is 14.6 Å². The molecule has 2 aromatic carbocycles. The molecule has 5 rings (SSSR count). The molecule has 0 unspecified atom stereocenters. The molecule has 4 aromatic rings. The summed E-state index contributed by atoms with van der Waals surface area (Å²) < 4.78 is 25.3. The number of amides is 1. The van der Waals surface area contributed by atoms with Crippen molar-refractivity contribution in [2.45, 2.75) is 6.42 Å². The molecule has 0 aliphatic carbocycles. The number of hydrogen-bond acceptors (Lipinski definition) is 7. The highest BCUT2D eigenvalue weighted by atomic mass is 32.1. The maximum absolute atomic E-state index is 13.7. The van der Waals surface area contributed by atoms with Crippen LogP contribution in [0.25, 0.3) is 21.5 Å². The van der Waals surface area contributed by atoms with E-state index in [9.17, 15) is 9.18 Å². The van der Waals surface area contributed by atoms with E-state index >= 15 is 0 Å². The van der Waals surface area contributed by atoms with Gasteiger partial charge in [-0.1, -0.05) is 46.8 Å². The first-order valence-corrected chi connectivity index (χ1v) is 11.7. The van der Waals surface area contributed by atoms with Crippen LogP contribution in [0.2, 0.25) is 0 Å². The fourth-order valence-electron chi connectivity index (χ4n) is 3.82. The summed E-state index contributed by atoms with van der Waals surface area (Å²) in [5.41, 5.74) is 1.72. The molecule has 1 amide bonds. The molecule has 1 aliphatic heterocycles. The van der Waals surface area contributed by atoms with E-state index in [1.807, 2.05) is 30.3 Å². The minimum Gasteiger partial charge on any atom is -0.379 e. The second-order valence-corrected chi connectivity index (χ2v) is 8.82. The number of benzene rings is 2. The second-order valence-electron chi connectivity index (χ2n) is 7.82. The maximum Gasteiger partial charge on any atom is 0.282 e. The van der Waals surface area contributed by atoms with Crippen molar-refractivity contribution in [2.24, 2.45) is 0 Å². The summed E-state index contributed by atoms with van der Waals surface area (Å²) in [6.07, 6.45) is 0.763. The summed E-state index contributed by atoms with van der Waals surface area (Å²) in [5, 5.41) is 4.55. The number of fused-ring (bicyclic) bond motifs is 1. The van der Waals surface area contributed by atoms with Gasteiger partial charge < -0.3 is 9.26 Å². The number of carbonyl (C=O) groups excluding carboxylic acids is 1. The average molecular weight is 467 g/mol. The number of hydrogen-bond donors (Lipinski definition) is 0. The first-order valence-electron chi connectivity index (χ1n) is 10.9. The normalized spacial score (nSPS) is 14.6. The number of halogens is 1. The molecule has 1 aliphatic rings. The summed E-state index contributed by atoms with van der Waals surface area (Å²) in [5.74, 6) is -0.0899. The molecule has 0 spiro atoms. The van der Waals surface area contributed by atoms with Crippen LogP contribution < -0.4 is 4.90 Å². The van der Waals surface area contributed by atoms with E-state index in [0.29, 0.717) is 27.7 Å². The zero-order valence-electron chi connectivity index (χ0n) is 17.9. The minimum absolute atomic E-state index is 0.214. The Morgan fingerprint density at radius 1 is 1.12 bits per heavy atom. The highest BCUT2D eigenvalue weighted by molar-refractivity contribution is 7.22. The van der Waals surface area contributed by atoms with E-state index in [1.54, 1.807) is 17.0 Å². The van der Waals surface area contributed by atoms with Crippen molar-refractivity contribution in [1.82, 2.24) is 15.0 Å². The number of morpholine rings is 1. The van der Waals surface area contributed by atoms with Crippen LogP contribution in [0.4, 0.5) is 9.52 Å². The Balaban J connectivity index is 1.39. The van der Waals surface area contributed by atoms with Crippen LogP contribution in [0.5, 0.6) is 0 Å². The van der Waals surface area contributed by atoms with Gasteiger partial charge in [-0.25, -0.2) is 9.37 Å². The molecule has 3 heterocycles. The summed E-state index contributed by atoms with van der Waals surface area (Å²) >= 11 is 1.29. The number of nitrogens with zero attached hydrogens (tertiary/aromatic N) is 4. The average Bonchev–Trinajstić information content (AvgIpc) is 3.50. The van der Waals surface area contributed by atoms with Crippen molar-refractivity contribution in [2.75, 3.05) is 44.3 Å². The van der Waals surface area contributed by atoms with Gasteiger partial charge in [0.15, 0.2) is 16.6 Å². The number of thiazole rings is 1. The molecule has 0 atom stereocenters. The van der Waals surface area contributed by atoms with Crippen LogP contribution in [0.1, 0.15) is 16.9 Å². The number of anilines is 1. The van der Waals surface area contributed by atoms with E-state index in [1.165, 1.54) is 23.5 Å². The van der Waals surface area contributed by atoms with Gasteiger partial charge in [0.05, 0.1) is 23.4 Å². The smallest absolute Gasteiger partial charge is 0.282 e. The van der Waals surface area contributed by atoms with Gasteiger partial charge in [0.2, 0.25) is 0 Å². The van der Waals surface area contributed by atoms with Gasteiger partial charge in [0.25, 0.3) is 5.91 Å². The monoisotopic (exact) mass is 466 g/mol. The van der Waals surface area contributed by atoms with Crippen LogP contribution in [-0.2, 0) is 4.74 Å². The van der Waals surface area contributed by atoms with Gasteiger partial charge in [0, 0.05) is 37.8 Å². The fraction of sp³-hybridized carbons (Fsp3) is 0.292. The lowest BCUT2D eigenvalue weighted by atomic mass is 10.1. The van der Waals surface area contributed by atoms with Gasteiger partial charge >= 0.3 is 0 Å². The lowest BCUT2D eigenvalue weighted by molar-refractivity contribution is 0.0376. The zero-order valence-corrected chi connectivity index (χ0v) is 18.8. The lowest BCUT2D eigenvalue weighted by Gasteiger charge is -2.27. The van der Waals surface area contributed by atoms with Gasteiger partial charge in [-0.2, -0.15) is 0 Å². The minimum atomic E-state index is -0.327. The van der Waals surface area contributed by atoms with E-state index < -0.39 is 0 Å². The van der Waals surface area contributed by atoms with Crippen molar-refractivity contribution in [3.63, 3.8) is 0 Å². The van der Waals surface area contributed by atoms with E-state index in [-0.39, 0.29) is 17.4 Å². The van der Waals surface area contributed by atoms with Gasteiger partial charge in [-0.05, 0) is 24.6 Å². The number of rotatable bonds is 7. The Morgan fingerprint density at radius 2 is 1.94 bits per heavy atom. The lowest BCUT2D eigenvalue weighted by Crippen LogP contribution is -2.39. The van der Waals surface area contributed by atoms with Crippen LogP contribution in [0.15, 0.2) is 59.1 Å². The molecule has 0 N–H and O–H groups in total. The van der Waals surface area contributed by atoms with Crippen molar-refractivity contribution in [1.29, 1.82) is 0 Å². The molecule has 1 saturated heterocycles. The zero-order chi connectivity index (χ0) is 22.6. The highest BCUT2D eigenvalue weighted by Gasteiger charge is 2.25. The molecule has 0 bridgehead atoms. The SMILES string of the molecule is O=C(c1cc(-c2ccccc2)on1)N(CCCN1CCOCC1)c1nc2ccc(F)cc2s1. The summed E-state index contributed by atoms with van der Waals surface area (Å²) in [6.45, 7) is 4.55. The van der Waals surface area contributed by atoms with Crippen molar-refractivity contribution in [3.05, 3.63) is 66.1 Å².